The summed E-state index contributed by atoms with van der Waals surface area (Å²) in [6.07, 6.45) is 7.09. The molecule has 1 saturated carbocycles. The predicted octanol–water partition coefficient (Wildman–Crippen LogP) is 1.99. The second-order valence-corrected chi connectivity index (χ2v) is 7.48. The SMILES string of the molecule is CN=C(NCCc1ccc(S(N)(=O)=O)cc1)NC1CCCCC1.I. The number of nitrogens with one attached hydrogen (secondary N) is 2. The minimum absolute atomic E-state index is 0. The van der Waals surface area contributed by atoms with Crippen LogP contribution >= 0.6 is 24.0 Å². The highest BCUT2D eigenvalue weighted by Crippen LogP contribution is 2.17. The number of aliphatic imine (C=N–C) groups is 1. The fourth-order valence-electron chi connectivity index (χ4n) is 2.81. The van der Waals surface area contributed by atoms with Gasteiger partial charge >= 0.3 is 0 Å². The Hall–Kier alpha value is -0.870. The topological polar surface area (TPSA) is 96.6 Å². The van der Waals surface area contributed by atoms with Gasteiger partial charge in [-0.05, 0) is 37.0 Å². The highest BCUT2D eigenvalue weighted by Gasteiger charge is 2.14. The first kappa shape index (κ1) is 21.2. The van der Waals surface area contributed by atoms with Crippen molar-refractivity contribution in [1.82, 2.24) is 10.6 Å². The van der Waals surface area contributed by atoms with Crippen LogP contribution in [0.25, 0.3) is 0 Å². The van der Waals surface area contributed by atoms with E-state index in [1.165, 1.54) is 32.1 Å². The average molecular weight is 466 g/mol. The summed E-state index contributed by atoms with van der Waals surface area (Å²) in [5.74, 6) is 0.832. The number of nitrogens with two attached hydrogens (primary N) is 1. The lowest BCUT2D eigenvalue weighted by atomic mass is 9.96. The van der Waals surface area contributed by atoms with Crippen LogP contribution in [-0.2, 0) is 16.4 Å². The van der Waals surface area contributed by atoms with Gasteiger partial charge in [0.2, 0.25) is 10.0 Å². The van der Waals surface area contributed by atoms with Gasteiger partial charge in [0.05, 0.1) is 4.90 Å². The van der Waals surface area contributed by atoms with Gasteiger partial charge in [0.25, 0.3) is 0 Å². The molecule has 1 aliphatic carbocycles. The van der Waals surface area contributed by atoms with E-state index in [9.17, 15) is 8.42 Å². The number of sulfonamides is 1. The Balaban J connectivity index is 0.00000288. The Morgan fingerprint density at radius 3 is 2.38 bits per heavy atom. The van der Waals surface area contributed by atoms with Crippen LogP contribution in [0, 0.1) is 0 Å². The molecular formula is C16H27IN4O2S. The molecule has 0 amide bonds. The summed E-state index contributed by atoms with van der Waals surface area (Å²) in [7, 11) is -1.84. The molecule has 0 bridgehead atoms. The van der Waals surface area contributed by atoms with Gasteiger partial charge in [-0.2, -0.15) is 0 Å². The quantitative estimate of drug-likeness (QED) is 0.351. The maximum Gasteiger partial charge on any atom is 0.238 e. The van der Waals surface area contributed by atoms with Gasteiger partial charge in [0.15, 0.2) is 5.96 Å². The van der Waals surface area contributed by atoms with Crippen LogP contribution in [0.2, 0.25) is 0 Å². The van der Waals surface area contributed by atoms with Gasteiger partial charge in [-0.3, -0.25) is 4.99 Å². The van der Waals surface area contributed by atoms with E-state index in [0.717, 1.165) is 24.5 Å². The highest BCUT2D eigenvalue weighted by molar-refractivity contribution is 14.0. The molecule has 0 atom stereocenters. The maximum atomic E-state index is 11.2. The van der Waals surface area contributed by atoms with E-state index in [0.29, 0.717) is 6.04 Å². The lowest BCUT2D eigenvalue weighted by Gasteiger charge is -2.24. The Kier molecular flexibility index (Phi) is 8.99. The van der Waals surface area contributed by atoms with Gasteiger partial charge in [-0.1, -0.05) is 31.4 Å². The maximum absolute atomic E-state index is 11.2. The monoisotopic (exact) mass is 466 g/mol. The molecule has 0 heterocycles. The van der Waals surface area contributed by atoms with Crippen molar-refractivity contribution in [3.8, 4) is 0 Å². The molecule has 0 unspecified atom stereocenters. The molecule has 0 spiro atoms. The Morgan fingerprint density at radius 1 is 1.21 bits per heavy atom. The number of nitrogens with zero attached hydrogens (tertiary/aromatic N) is 1. The van der Waals surface area contributed by atoms with Crippen molar-refractivity contribution >= 4 is 40.0 Å². The van der Waals surface area contributed by atoms with Crippen molar-refractivity contribution in [3.63, 3.8) is 0 Å². The van der Waals surface area contributed by atoms with Crippen LogP contribution in [-0.4, -0.2) is 34.0 Å². The number of rotatable bonds is 5. The zero-order chi connectivity index (χ0) is 16.7. The minimum atomic E-state index is -3.62. The Labute approximate surface area is 161 Å². The number of guanidine groups is 1. The van der Waals surface area contributed by atoms with Crippen LogP contribution < -0.4 is 15.8 Å². The lowest BCUT2D eigenvalue weighted by molar-refractivity contribution is 0.410. The summed E-state index contributed by atoms with van der Waals surface area (Å²) in [6.45, 7) is 0.737. The normalized spacial score (nSPS) is 16.3. The van der Waals surface area contributed by atoms with E-state index in [1.54, 1.807) is 31.3 Å². The first-order valence-corrected chi connectivity index (χ1v) is 9.62. The van der Waals surface area contributed by atoms with Crippen LogP contribution in [0.5, 0.6) is 0 Å². The standard InChI is InChI=1S/C16H26N4O2S.HI/c1-18-16(20-14-5-3-2-4-6-14)19-12-11-13-7-9-15(10-8-13)23(17,21)22;/h7-10,14H,2-6,11-12H2,1H3,(H2,17,21,22)(H2,18,19,20);1H. The molecule has 8 heteroatoms. The van der Waals surface area contributed by atoms with Crippen molar-refractivity contribution in [2.45, 2.75) is 49.5 Å². The van der Waals surface area contributed by atoms with Gasteiger partial charge in [-0.25, -0.2) is 13.6 Å². The first-order valence-electron chi connectivity index (χ1n) is 8.08. The van der Waals surface area contributed by atoms with Gasteiger partial charge in [0.1, 0.15) is 0 Å². The smallest absolute Gasteiger partial charge is 0.238 e. The minimum Gasteiger partial charge on any atom is -0.356 e. The molecular weight excluding hydrogens is 439 g/mol. The van der Waals surface area contributed by atoms with Crippen molar-refractivity contribution in [2.24, 2.45) is 10.1 Å². The third-order valence-electron chi connectivity index (χ3n) is 4.13. The summed E-state index contributed by atoms with van der Waals surface area (Å²) in [5, 5.41) is 11.9. The first-order chi connectivity index (χ1) is 11.0. The summed E-state index contributed by atoms with van der Waals surface area (Å²) in [6, 6.07) is 7.18. The largest absolute Gasteiger partial charge is 0.356 e. The molecule has 136 valence electrons. The van der Waals surface area contributed by atoms with Crippen LogP contribution in [0.3, 0.4) is 0 Å². The summed E-state index contributed by atoms with van der Waals surface area (Å²) < 4.78 is 22.4. The fourth-order valence-corrected chi connectivity index (χ4v) is 3.32. The predicted molar refractivity (Wildman–Crippen MR) is 108 cm³/mol. The zero-order valence-corrected chi connectivity index (χ0v) is 17.1. The zero-order valence-electron chi connectivity index (χ0n) is 14.0. The third kappa shape index (κ3) is 6.94. The Morgan fingerprint density at radius 2 is 1.83 bits per heavy atom. The molecule has 1 fully saturated rings. The molecule has 2 rings (SSSR count). The van der Waals surface area contributed by atoms with Gasteiger partial charge < -0.3 is 10.6 Å². The number of primary sulfonamides is 1. The second kappa shape index (κ2) is 10.2. The summed E-state index contributed by atoms with van der Waals surface area (Å²) in [4.78, 5) is 4.40. The van der Waals surface area contributed by atoms with E-state index in [2.05, 4.69) is 15.6 Å². The molecule has 0 saturated heterocycles. The number of halogens is 1. The highest BCUT2D eigenvalue weighted by atomic mass is 127. The number of hydrogen-bond acceptors (Lipinski definition) is 3. The molecule has 0 radical (unpaired) electrons. The van der Waals surface area contributed by atoms with Gasteiger partial charge in [0, 0.05) is 19.6 Å². The molecule has 0 aliphatic heterocycles. The second-order valence-electron chi connectivity index (χ2n) is 5.92. The van der Waals surface area contributed by atoms with Gasteiger partial charge in [-0.15, -0.1) is 24.0 Å². The van der Waals surface area contributed by atoms with E-state index in [1.807, 2.05) is 0 Å². The van der Waals surface area contributed by atoms with E-state index in [4.69, 9.17) is 5.14 Å². The molecule has 4 N–H and O–H groups in total. The number of benzene rings is 1. The summed E-state index contributed by atoms with van der Waals surface area (Å²) in [5.41, 5.74) is 1.05. The van der Waals surface area contributed by atoms with E-state index in [-0.39, 0.29) is 28.9 Å². The van der Waals surface area contributed by atoms with Crippen molar-refractivity contribution < 1.29 is 8.42 Å². The van der Waals surface area contributed by atoms with Crippen LogP contribution in [0.4, 0.5) is 0 Å². The molecule has 1 aliphatic rings. The van der Waals surface area contributed by atoms with Crippen LogP contribution in [0.15, 0.2) is 34.2 Å². The number of hydrogen-bond donors (Lipinski definition) is 3. The molecule has 6 nitrogen and oxygen atoms in total. The molecule has 1 aromatic carbocycles. The molecule has 0 aromatic heterocycles. The lowest BCUT2D eigenvalue weighted by Crippen LogP contribution is -2.44. The fraction of sp³-hybridized carbons (Fsp3) is 0.562. The van der Waals surface area contributed by atoms with Crippen molar-refractivity contribution in [1.29, 1.82) is 0 Å². The van der Waals surface area contributed by atoms with Crippen LogP contribution in [0.1, 0.15) is 37.7 Å². The summed E-state index contributed by atoms with van der Waals surface area (Å²) >= 11 is 0. The molecule has 24 heavy (non-hydrogen) atoms. The van der Waals surface area contributed by atoms with Crippen molar-refractivity contribution in [2.75, 3.05) is 13.6 Å². The average Bonchev–Trinajstić information content (AvgIpc) is 2.54. The third-order valence-corrected chi connectivity index (χ3v) is 5.06. The van der Waals surface area contributed by atoms with E-state index < -0.39 is 10.0 Å². The van der Waals surface area contributed by atoms with Crippen molar-refractivity contribution in [3.05, 3.63) is 29.8 Å². The molecule has 1 aromatic rings. The van der Waals surface area contributed by atoms with E-state index >= 15 is 0 Å². The Bertz CT molecular complexity index is 626.